The van der Waals surface area contributed by atoms with Gasteiger partial charge in [-0.15, -0.1) is 0 Å². The third-order valence-electron chi connectivity index (χ3n) is 2.49. The lowest BCUT2D eigenvalue weighted by molar-refractivity contribution is -0.117. The van der Waals surface area contributed by atoms with E-state index in [1.165, 1.54) is 0 Å². The molecule has 1 aromatic carbocycles. The summed E-state index contributed by atoms with van der Waals surface area (Å²) in [7, 11) is 1.62. The third kappa shape index (κ3) is 5.56. The van der Waals surface area contributed by atoms with Gasteiger partial charge in [-0.25, -0.2) is 0 Å². The van der Waals surface area contributed by atoms with Crippen LogP contribution in [0.15, 0.2) is 24.3 Å². The van der Waals surface area contributed by atoms with E-state index >= 15 is 0 Å². The highest BCUT2D eigenvalue weighted by Crippen LogP contribution is 2.15. The highest BCUT2D eigenvalue weighted by molar-refractivity contribution is 5.92. The number of methoxy groups -OCH3 is 1. The summed E-state index contributed by atoms with van der Waals surface area (Å²) in [6.45, 7) is 2.31. The molecule has 4 heteroatoms. The number of hydrogen-bond acceptors (Lipinski definition) is 3. The number of aliphatic hydroxyl groups is 1. The van der Waals surface area contributed by atoms with E-state index in [2.05, 4.69) is 17.2 Å². The molecule has 0 heterocycles. The largest absolute Gasteiger partial charge is 0.384 e. The Kier molecular flexibility index (Phi) is 6.65. The minimum Gasteiger partial charge on any atom is -0.384 e. The number of nitrogens with one attached hydrogen (secondary N) is 1. The molecule has 0 aliphatic heterocycles. The molecule has 0 bridgehead atoms. The van der Waals surface area contributed by atoms with Crippen molar-refractivity contribution in [1.29, 1.82) is 0 Å². The van der Waals surface area contributed by atoms with E-state index in [1.807, 2.05) is 19.1 Å². The van der Waals surface area contributed by atoms with Crippen molar-refractivity contribution in [2.24, 2.45) is 5.92 Å². The molecule has 102 valence electrons. The van der Waals surface area contributed by atoms with Crippen LogP contribution in [-0.4, -0.2) is 31.3 Å². The second-order valence-corrected chi connectivity index (χ2v) is 4.32. The number of ether oxygens (including phenoxy) is 1. The van der Waals surface area contributed by atoms with Crippen LogP contribution >= 0.6 is 0 Å². The summed E-state index contributed by atoms with van der Waals surface area (Å²) in [5.74, 6) is 5.48. The van der Waals surface area contributed by atoms with Gasteiger partial charge in [-0.3, -0.25) is 4.79 Å². The molecule has 0 saturated heterocycles. The van der Waals surface area contributed by atoms with Gasteiger partial charge in [0.15, 0.2) is 0 Å². The van der Waals surface area contributed by atoms with Gasteiger partial charge in [-0.2, -0.15) is 0 Å². The Hall–Kier alpha value is -1.83. The second kappa shape index (κ2) is 8.30. The number of rotatable bonds is 5. The molecular formula is C15H19NO3. The molecule has 4 nitrogen and oxygen atoms in total. The molecule has 0 aliphatic rings. The minimum atomic E-state index is -0.201. The number of hydrogen-bond donors (Lipinski definition) is 2. The summed E-state index contributed by atoms with van der Waals surface area (Å²) in [5.41, 5.74) is 1.36. The molecule has 0 saturated carbocycles. The molecule has 0 aliphatic carbocycles. The van der Waals surface area contributed by atoms with Crippen molar-refractivity contribution in [3.05, 3.63) is 29.8 Å². The fourth-order valence-corrected chi connectivity index (χ4v) is 1.70. The summed E-state index contributed by atoms with van der Waals surface area (Å²) in [4.78, 5) is 11.9. The lowest BCUT2D eigenvalue weighted by Crippen LogP contribution is -2.18. The van der Waals surface area contributed by atoms with Crippen molar-refractivity contribution in [3.63, 3.8) is 0 Å². The van der Waals surface area contributed by atoms with Gasteiger partial charge in [0.25, 0.3) is 0 Å². The number of amides is 1. The fourth-order valence-electron chi connectivity index (χ4n) is 1.70. The Morgan fingerprint density at radius 1 is 1.47 bits per heavy atom. The monoisotopic (exact) mass is 261 g/mol. The zero-order chi connectivity index (χ0) is 14.1. The predicted molar refractivity (Wildman–Crippen MR) is 74.7 cm³/mol. The van der Waals surface area contributed by atoms with Crippen LogP contribution in [-0.2, 0) is 9.53 Å². The molecule has 1 aromatic rings. The lowest BCUT2D eigenvalue weighted by Gasteiger charge is -2.11. The average Bonchev–Trinajstić information content (AvgIpc) is 2.37. The lowest BCUT2D eigenvalue weighted by atomic mass is 10.1. The van der Waals surface area contributed by atoms with Crippen molar-refractivity contribution in [3.8, 4) is 11.8 Å². The Morgan fingerprint density at radius 2 is 2.21 bits per heavy atom. The van der Waals surface area contributed by atoms with E-state index in [4.69, 9.17) is 9.84 Å². The standard InChI is InChI=1S/C15H19NO3/c1-12(11-19-2)10-15(18)16-14-8-4-3-6-13(14)7-5-9-17/h3-4,6,8,12,17H,9-11H2,1-2H3,(H,16,18). The van der Waals surface area contributed by atoms with Gasteiger partial charge in [0.2, 0.25) is 5.91 Å². The van der Waals surface area contributed by atoms with E-state index in [0.717, 1.165) is 0 Å². The first kappa shape index (κ1) is 15.2. The summed E-state index contributed by atoms with van der Waals surface area (Å²) in [6.07, 6.45) is 0.398. The molecule has 0 radical (unpaired) electrons. The topological polar surface area (TPSA) is 58.6 Å². The summed E-state index contributed by atoms with van der Waals surface area (Å²) < 4.78 is 5.00. The molecule has 0 spiro atoms. The number of aliphatic hydroxyl groups excluding tert-OH is 1. The maximum absolute atomic E-state index is 11.9. The SMILES string of the molecule is COCC(C)CC(=O)Nc1ccccc1C#CCO. The van der Waals surface area contributed by atoms with Crippen molar-refractivity contribution in [2.45, 2.75) is 13.3 Å². The van der Waals surface area contributed by atoms with Crippen molar-refractivity contribution in [2.75, 3.05) is 25.6 Å². The second-order valence-electron chi connectivity index (χ2n) is 4.32. The molecule has 1 unspecified atom stereocenters. The van der Waals surface area contributed by atoms with Gasteiger partial charge < -0.3 is 15.2 Å². The molecule has 0 fully saturated rings. The first-order chi connectivity index (χ1) is 9.17. The number of carbonyl (C=O) groups excluding carboxylic acids is 1. The van der Waals surface area contributed by atoms with Crippen LogP contribution in [0.1, 0.15) is 18.9 Å². The first-order valence-electron chi connectivity index (χ1n) is 6.15. The quantitative estimate of drug-likeness (QED) is 0.792. The van der Waals surface area contributed by atoms with Crippen LogP contribution in [0.2, 0.25) is 0 Å². The maximum Gasteiger partial charge on any atom is 0.224 e. The smallest absolute Gasteiger partial charge is 0.224 e. The van der Waals surface area contributed by atoms with Crippen molar-refractivity contribution in [1.82, 2.24) is 0 Å². The van der Waals surface area contributed by atoms with Gasteiger partial charge in [-0.05, 0) is 18.1 Å². The molecule has 19 heavy (non-hydrogen) atoms. The normalized spacial score (nSPS) is 11.3. The molecule has 1 amide bonds. The van der Waals surface area contributed by atoms with Crippen LogP contribution in [0.5, 0.6) is 0 Å². The summed E-state index contributed by atoms with van der Waals surface area (Å²) in [6, 6.07) is 7.26. The van der Waals surface area contributed by atoms with Crippen molar-refractivity contribution < 1.29 is 14.6 Å². The van der Waals surface area contributed by atoms with E-state index in [-0.39, 0.29) is 18.4 Å². The molecular weight excluding hydrogens is 242 g/mol. The van der Waals surface area contributed by atoms with Crippen LogP contribution in [0.3, 0.4) is 0 Å². The zero-order valence-corrected chi connectivity index (χ0v) is 11.3. The molecule has 2 N–H and O–H groups in total. The average molecular weight is 261 g/mol. The van der Waals surface area contributed by atoms with Gasteiger partial charge in [0, 0.05) is 25.7 Å². The van der Waals surface area contributed by atoms with Crippen LogP contribution in [0.25, 0.3) is 0 Å². The molecule has 1 atom stereocenters. The van der Waals surface area contributed by atoms with E-state index in [0.29, 0.717) is 24.3 Å². The highest BCUT2D eigenvalue weighted by Gasteiger charge is 2.10. The van der Waals surface area contributed by atoms with E-state index in [1.54, 1.807) is 19.2 Å². The first-order valence-corrected chi connectivity index (χ1v) is 6.15. The van der Waals surface area contributed by atoms with Crippen LogP contribution < -0.4 is 5.32 Å². The number of para-hydroxylation sites is 1. The summed E-state index contributed by atoms with van der Waals surface area (Å²) >= 11 is 0. The third-order valence-corrected chi connectivity index (χ3v) is 2.49. The Morgan fingerprint density at radius 3 is 2.89 bits per heavy atom. The predicted octanol–water partition coefficient (Wildman–Crippen LogP) is 1.64. The van der Waals surface area contributed by atoms with Gasteiger partial charge in [-0.1, -0.05) is 30.9 Å². The molecule has 1 rings (SSSR count). The Bertz CT molecular complexity index is 474. The number of carbonyl (C=O) groups is 1. The fraction of sp³-hybridized carbons (Fsp3) is 0.400. The van der Waals surface area contributed by atoms with Crippen LogP contribution in [0, 0.1) is 17.8 Å². The van der Waals surface area contributed by atoms with Gasteiger partial charge in [0.05, 0.1) is 5.69 Å². The van der Waals surface area contributed by atoms with Gasteiger partial charge >= 0.3 is 0 Å². The molecule has 0 aromatic heterocycles. The van der Waals surface area contributed by atoms with Crippen molar-refractivity contribution >= 4 is 11.6 Å². The van der Waals surface area contributed by atoms with E-state index in [9.17, 15) is 4.79 Å². The highest BCUT2D eigenvalue weighted by atomic mass is 16.5. The summed E-state index contributed by atoms with van der Waals surface area (Å²) in [5, 5.41) is 11.5. The Balaban J connectivity index is 2.68. The number of benzene rings is 1. The minimum absolute atomic E-state index is 0.0669. The maximum atomic E-state index is 11.9. The van der Waals surface area contributed by atoms with Gasteiger partial charge in [0.1, 0.15) is 6.61 Å². The number of anilines is 1. The zero-order valence-electron chi connectivity index (χ0n) is 11.3. The Labute approximate surface area is 113 Å². The van der Waals surface area contributed by atoms with E-state index < -0.39 is 0 Å². The van der Waals surface area contributed by atoms with Crippen LogP contribution in [0.4, 0.5) is 5.69 Å².